The van der Waals surface area contributed by atoms with Gasteiger partial charge in [0.2, 0.25) is 5.91 Å². The van der Waals surface area contributed by atoms with Crippen molar-refractivity contribution in [1.82, 2.24) is 5.32 Å². The fourth-order valence-electron chi connectivity index (χ4n) is 4.48. The molecule has 0 bridgehead atoms. The normalized spacial score (nSPS) is 25.0. The zero-order valence-electron chi connectivity index (χ0n) is 19.1. The predicted molar refractivity (Wildman–Crippen MR) is 120 cm³/mol. The standard InChI is InChI=1S/C23H36N4O3/c1-14-15(2)27(16(3)28)20-8-7-18(13-19(20)21(14)24)26-11-9-17(10-12-26)25-22(29)30-23(4,5)6/h7-8,13-15,17,21H,9-12,24H2,1-6H3,(H,25,29)/t14-,15-,21+/m0/s1. The zero-order chi connectivity index (χ0) is 22.2. The largest absolute Gasteiger partial charge is 0.444 e. The lowest BCUT2D eigenvalue weighted by molar-refractivity contribution is -0.117. The predicted octanol–water partition coefficient (Wildman–Crippen LogP) is 3.57. The summed E-state index contributed by atoms with van der Waals surface area (Å²) in [6.45, 7) is 13.1. The number of ether oxygens (including phenoxy) is 1. The van der Waals surface area contributed by atoms with Gasteiger partial charge in [-0.1, -0.05) is 6.92 Å². The number of fused-ring (bicyclic) bond motifs is 1. The molecular formula is C23H36N4O3. The van der Waals surface area contributed by atoms with E-state index in [1.165, 1.54) is 0 Å². The topological polar surface area (TPSA) is 87.9 Å². The van der Waals surface area contributed by atoms with Gasteiger partial charge in [0.15, 0.2) is 0 Å². The van der Waals surface area contributed by atoms with E-state index in [0.29, 0.717) is 0 Å². The Kier molecular flexibility index (Phi) is 6.32. The van der Waals surface area contributed by atoms with Crippen LogP contribution in [0, 0.1) is 5.92 Å². The number of carbonyl (C=O) groups is 2. The van der Waals surface area contributed by atoms with Crippen LogP contribution < -0.4 is 20.9 Å². The van der Waals surface area contributed by atoms with Gasteiger partial charge in [0.25, 0.3) is 0 Å². The molecule has 0 spiro atoms. The Morgan fingerprint density at radius 2 is 1.80 bits per heavy atom. The molecule has 7 heteroatoms. The maximum atomic E-state index is 12.3. The van der Waals surface area contributed by atoms with Crippen LogP contribution in [-0.4, -0.2) is 42.8 Å². The van der Waals surface area contributed by atoms with Crippen LogP contribution in [0.1, 0.15) is 66.0 Å². The smallest absolute Gasteiger partial charge is 0.407 e. The fraction of sp³-hybridized carbons (Fsp3) is 0.652. The minimum absolute atomic E-state index is 0.0456. The van der Waals surface area contributed by atoms with Gasteiger partial charge in [-0.2, -0.15) is 0 Å². The number of piperidine rings is 1. The van der Waals surface area contributed by atoms with Gasteiger partial charge >= 0.3 is 6.09 Å². The fourth-order valence-corrected chi connectivity index (χ4v) is 4.48. The Balaban J connectivity index is 1.69. The highest BCUT2D eigenvalue weighted by molar-refractivity contribution is 5.94. The number of nitrogens with two attached hydrogens (primary N) is 1. The summed E-state index contributed by atoms with van der Waals surface area (Å²) in [5.41, 5.74) is 9.13. The SMILES string of the molecule is CC(=O)N1c2ccc(N3CCC(NC(=O)OC(C)(C)C)CC3)cc2[C@H](N)[C@@H](C)[C@@H]1C. The third kappa shape index (κ3) is 4.72. The van der Waals surface area contributed by atoms with E-state index in [9.17, 15) is 9.59 Å². The highest BCUT2D eigenvalue weighted by atomic mass is 16.6. The lowest BCUT2D eigenvalue weighted by Gasteiger charge is -2.43. The number of nitrogens with zero attached hydrogens (tertiary/aromatic N) is 2. The summed E-state index contributed by atoms with van der Waals surface area (Å²) >= 11 is 0. The quantitative estimate of drug-likeness (QED) is 0.769. The second-order valence-corrected chi connectivity index (χ2v) is 9.67. The number of anilines is 2. The summed E-state index contributed by atoms with van der Waals surface area (Å²) < 4.78 is 5.36. The molecule has 3 N–H and O–H groups in total. The lowest BCUT2D eigenvalue weighted by Crippen LogP contribution is -2.49. The Morgan fingerprint density at radius 3 is 2.37 bits per heavy atom. The molecule has 1 saturated heterocycles. The summed E-state index contributed by atoms with van der Waals surface area (Å²) in [4.78, 5) is 28.5. The van der Waals surface area contributed by atoms with E-state index in [4.69, 9.17) is 10.5 Å². The minimum Gasteiger partial charge on any atom is -0.444 e. The summed E-state index contributed by atoms with van der Waals surface area (Å²) in [5.74, 6) is 0.227. The highest BCUT2D eigenvalue weighted by Gasteiger charge is 2.36. The van der Waals surface area contributed by atoms with Gasteiger partial charge in [0, 0.05) is 49.5 Å². The van der Waals surface area contributed by atoms with E-state index in [2.05, 4.69) is 36.2 Å². The second-order valence-electron chi connectivity index (χ2n) is 9.67. The highest BCUT2D eigenvalue weighted by Crippen LogP contribution is 2.41. The number of nitrogens with one attached hydrogen (secondary N) is 1. The Bertz CT molecular complexity index is 796. The average Bonchev–Trinajstić information content (AvgIpc) is 2.65. The maximum absolute atomic E-state index is 12.3. The number of hydrogen-bond donors (Lipinski definition) is 2. The van der Waals surface area contributed by atoms with E-state index in [-0.39, 0.29) is 36.0 Å². The number of benzene rings is 1. The van der Waals surface area contributed by atoms with E-state index in [1.54, 1.807) is 6.92 Å². The molecule has 1 aromatic carbocycles. The van der Waals surface area contributed by atoms with Crippen molar-refractivity contribution in [2.24, 2.45) is 11.7 Å². The average molecular weight is 417 g/mol. The third-order valence-corrected chi connectivity index (χ3v) is 6.28. The first-order chi connectivity index (χ1) is 14.0. The van der Waals surface area contributed by atoms with Crippen LogP contribution in [0.2, 0.25) is 0 Å². The van der Waals surface area contributed by atoms with E-state index in [1.807, 2.05) is 31.7 Å². The summed E-state index contributed by atoms with van der Waals surface area (Å²) in [6, 6.07) is 6.33. The molecule has 1 aromatic rings. The number of carbonyl (C=O) groups excluding carboxylic acids is 2. The van der Waals surface area contributed by atoms with Crippen LogP contribution in [0.4, 0.5) is 16.2 Å². The molecule has 0 aromatic heterocycles. The van der Waals surface area contributed by atoms with Gasteiger partial charge in [0.1, 0.15) is 5.60 Å². The van der Waals surface area contributed by atoms with Crippen LogP contribution in [0.25, 0.3) is 0 Å². The van der Waals surface area contributed by atoms with Crippen LogP contribution in [0.3, 0.4) is 0 Å². The van der Waals surface area contributed by atoms with Gasteiger partial charge in [-0.05, 0) is 70.2 Å². The van der Waals surface area contributed by atoms with Gasteiger partial charge in [-0.15, -0.1) is 0 Å². The minimum atomic E-state index is -0.491. The lowest BCUT2D eigenvalue weighted by atomic mass is 9.83. The summed E-state index contributed by atoms with van der Waals surface area (Å²) in [7, 11) is 0. The molecule has 0 unspecified atom stereocenters. The van der Waals surface area contributed by atoms with Gasteiger partial charge < -0.3 is 25.6 Å². The molecule has 7 nitrogen and oxygen atoms in total. The monoisotopic (exact) mass is 416 g/mol. The second kappa shape index (κ2) is 8.46. The van der Waals surface area contributed by atoms with Crippen molar-refractivity contribution >= 4 is 23.4 Å². The molecular weight excluding hydrogens is 380 g/mol. The van der Waals surface area contributed by atoms with Crippen molar-refractivity contribution in [1.29, 1.82) is 0 Å². The van der Waals surface area contributed by atoms with E-state index >= 15 is 0 Å². The molecule has 166 valence electrons. The zero-order valence-corrected chi connectivity index (χ0v) is 19.1. The molecule has 0 aliphatic carbocycles. The number of rotatable bonds is 2. The van der Waals surface area contributed by atoms with Gasteiger partial charge in [-0.25, -0.2) is 4.79 Å². The van der Waals surface area contributed by atoms with Crippen LogP contribution in [-0.2, 0) is 9.53 Å². The van der Waals surface area contributed by atoms with Crippen LogP contribution in [0.15, 0.2) is 18.2 Å². The molecule has 0 saturated carbocycles. The Hall–Kier alpha value is -2.28. The number of hydrogen-bond acceptors (Lipinski definition) is 5. The molecule has 3 atom stereocenters. The summed E-state index contributed by atoms with van der Waals surface area (Å²) in [6.07, 6.45) is 1.36. The van der Waals surface area contributed by atoms with E-state index < -0.39 is 5.60 Å². The molecule has 3 rings (SSSR count). The van der Waals surface area contributed by atoms with Crippen molar-refractivity contribution in [2.75, 3.05) is 22.9 Å². The molecule has 2 aliphatic heterocycles. The molecule has 2 aliphatic rings. The first-order valence-corrected chi connectivity index (χ1v) is 10.9. The van der Waals surface area contributed by atoms with Crippen molar-refractivity contribution in [3.63, 3.8) is 0 Å². The molecule has 2 heterocycles. The first kappa shape index (κ1) is 22.4. The van der Waals surface area contributed by atoms with Crippen molar-refractivity contribution in [3.05, 3.63) is 23.8 Å². The van der Waals surface area contributed by atoms with E-state index in [0.717, 1.165) is 42.9 Å². The number of alkyl carbamates (subject to hydrolysis) is 1. The third-order valence-electron chi connectivity index (χ3n) is 6.28. The van der Waals surface area contributed by atoms with Crippen molar-refractivity contribution in [2.45, 2.75) is 78.1 Å². The Labute approximate surface area is 179 Å². The molecule has 30 heavy (non-hydrogen) atoms. The van der Waals surface area contributed by atoms with Crippen molar-refractivity contribution in [3.8, 4) is 0 Å². The van der Waals surface area contributed by atoms with Gasteiger partial charge in [-0.3, -0.25) is 4.79 Å². The summed E-state index contributed by atoms with van der Waals surface area (Å²) in [5, 5.41) is 2.98. The van der Waals surface area contributed by atoms with Crippen LogP contribution in [0.5, 0.6) is 0 Å². The van der Waals surface area contributed by atoms with Gasteiger partial charge in [0.05, 0.1) is 0 Å². The Morgan fingerprint density at radius 1 is 1.17 bits per heavy atom. The van der Waals surface area contributed by atoms with Crippen LogP contribution >= 0.6 is 0 Å². The van der Waals surface area contributed by atoms with Crippen molar-refractivity contribution < 1.29 is 14.3 Å². The molecule has 1 fully saturated rings. The molecule has 0 radical (unpaired) electrons. The number of amides is 2. The first-order valence-electron chi connectivity index (χ1n) is 10.9. The molecule has 2 amide bonds. The maximum Gasteiger partial charge on any atom is 0.407 e.